The number of halogens is 3. The smallest absolute Gasteiger partial charge is 0.261 e. The van der Waals surface area contributed by atoms with Crippen LogP contribution in [0.25, 0.3) is 6.08 Å². The monoisotopic (exact) mass is 474 g/mol. The Kier molecular flexibility index (Phi) is 11.0. The number of hydrazine groups is 1. The second-order valence-electron chi connectivity index (χ2n) is 7.06. The van der Waals surface area contributed by atoms with Crippen LogP contribution in [-0.4, -0.2) is 47.1 Å². The zero-order valence-electron chi connectivity index (χ0n) is 17.2. The van der Waals surface area contributed by atoms with Gasteiger partial charge in [-0.1, -0.05) is 31.5 Å². The van der Waals surface area contributed by atoms with E-state index in [-0.39, 0.29) is 35.9 Å². The lowest BCUT2D eigenvalue weighted by atomic mass is 10.0. The van der Waals surface area contributed by atoms with E-state index in [4.69, 9.17) is 28.9 Å². The first-order chi connectivity index (χ1) is 14.5. The SMILES string of the molecule is CC(C)C[C@H](NC(=O)/C=C/c1ccc(Cl)cc1F)C(=O)NN(CCC(N)=O)C(=O)CCl. The topological polar surface area (TPSA) is 122 Å². The zero-order valence-corrected chi connectivity index (χ0v) is 18.7. The number of rotatable bonds is 10. The highest BCUT2D eigenvalue weighted by atomic mass is 35.5. The molecule has 170 valence electrons. The summed E-state index contributed by atoms with van der Waals surface area (Å²) >= 11 is 11.2. The summed E-state index contributed by atoms with van der Waals surface area (Å²) in [6, 6.07) is 3.01. The van der Waals surface area contributed by atoms with Crippen molar-refractivity contribution in [3.05, 3.63) is 40.7 Å². The molecule has 1 aromatic carbocycles. The first-order valence-electron chi connectivity index (χ1n) is 9.42. The van der Waals surface area contributed by atoms with Crippen molar-refractivity contribution < 1.29 is 23.6 Å². The van der Waals surface area contributed by atoms with Crippen LogP contribution in [0, 0.1) is 11.7 Å². The van der Waals surface area contributed by atoms with E-state index in [0.29, 0.717) is 0 Å². The molecule has 0 radical (unpaired) electrons. The molecule has 1 aromatic rings. The molecule has 4 amide bonds. The maximum Gasteiger partial charge on any atom is 0.261 e. The van der Waals surface area contributed by atoms with Crippen LogP contribution >= 0.6 is 23.2 Å². The van der Waals surface area contributed by atoms with Crippen LogP contribution in [0.4, 0.5) is 4.39 Å². The van der Waals surface area contributed by atoms with Crippen LogP contribution in [-0.2, 0) is 19.2 Å². The van der Waals surface area contributed by atoms with Crippen molar-refractivity contribution in [1.82, 2.24) is 15.8 Å². The number of carbonyl (C=O) groups is 4. The van der Waals surface area contributed by atoms with Gasteiger partial charge in [0.05, 0.1) is 6.54 Å². The maximum absolute atomic E-state index is 13.8. The summed E-state index contributed by atoms with van der Waals surface area (Å²) < 4.78 is 13.8. The van der Waals surface area contributed by atoms with Gasteiger partial charge in [-0.3, -0.25) is 29.6 Å². The average Bonchev–Trinajstić information content (AvgIpc) is 2.68. The molecule has 0 heterocycles. The molecule has 4 N–H and O–H groups in total. The summed E-state index contributed by atoms with van der Waals surface area (Å²) in [6.45, 7) is 3.53. The number of hydrogen-bond acceptors (Lipinski definition) is 4. The molecule has 0 spiro atoms. The molecule has 0 aromatic heterocycles. The average molecular weight is 475 g/mol. The summed E-state index contributed by atoms with van der Waals surface area (Å²) in [6.07, 6.45) is 2.42. The molecule has 0 fully saturated rings. The van der Waals surface area contributed by atoms with Crippen molar-refractivity contribution in [3.63, 3.8) is 0 Å². The molecule has 1 rings (SSSR count). The molecule has 8 nitrogen and oxygen atoms in total. The summed E-state index contributed by atoms with van der Waals surface area (Å²) in [5.74, 6) is -3.60. The minimum atomic E-state index is -0.994. The van der Waals surface area contributed by atoms with Gasteiger partial charge >= 0.3 is 0 Å². The Labute approximate surface area is 189 Å². The van der Waals surface area contributed by atoms with Crippen LogP contribution < -0.4 is 16.5 Å². The number of benzene rings is 1. The van der Waals surface area contributed by atoms with Gasteiger partial charge in [-0.2, -0.15) is 0 Å². The van der Waals surface area contributed by atoms with Crippen LogP contribution in [0.15, 0.2) is 24.3 Å². The van der Waals surface area contributed by atoms with Gasteiger partial charge in [0.15, 0.2) is 0 Å². The minimum absolute atomic E-state index is 0.0246. The van der Waals surface area contributed by atoms with E-state index in [9.17, 15) is 23.6 Å². The summed E-state index contributed by atoms with van der Waals surface area (Å²) in [5, 5.41) is 3.64. The fourth-order valence-corrected chi connectivity index (χ4v) is 2.78. The Bertz CT molecular complexity index is 848. The van der Waals surface area contributed by atoms with Crippen molar-refractivity contribution in [2.75, 3.05) is 12.4 Å². The molecule has 0 aliphatic rings. The highest BCUT2D eigenvalue weighted by Crippen LogP contribution is 2.15. The molecule has 1 atom stereocenters. The standard InChI is InChI=1S/C20H25Cl2FN4O4/c1-12(2)9-16(20(31)26-27(19(30)11-21)8-7-17(24)28)25-18(29)6-4-13-3-5-14(22)10-15(13)23/h3-6,10,12,16H,7-9,11H2,1-2H3,(H2,24,28)(H,25,29)(H,26,31)/b6-4+/t16-/m0/s1. The highest BCUT2D eigenvalue weighted by molar-refractivity contribution is 6.30. The Hall–Kier alpha value is -2.65. The van der Waals surface area contributed by atoms with E-state index < -0.39 is 41.4 Å². The Morgan fingerprint density at radius 3 is 2.48 bits per heavy atom. The van der Waals surface area contributed by atoms with Crippen molar-refractivity contribution >= 4 is 52.9 Å². The van der Waals surface area contributed by atoms with E-state index >= 15 is 0 Å². The van der Waals surface area contributed by atoms with Gasteiger partial charge in [0.2, 0.25) is 11.8 Å². The second-order valence-corrected chi connectivity index (χ2v) is 7.76. The van der Waals surface area contributed by atoms with E-state index in [2.05, 4.69) is 10.7 Å². The number of amides is 4. The number of hydrogen-bond donors (Lipinski definition) is 3. The van der Waals surface area contributed by atoms with Gasteiger partial charge in [-0.25, -0.2) is 4.39 Å². The Morgan fingerprint density at radius 2 is 1.94 bits per heavy atom. The number of alkyl halides is 1. The molecule has 31 heavy (non-hydrogen) atoms. The highest BCUT2D eigenvalue weighted by Gasteiger charge is 2.25. The number of primary amides is 1. The molecule has 0 aliphatic carbocycles. The van der Waals surface area contributed by atoms with Crippen LogP contribution in [0.5, 0.6) is 0 Å². The van der Waals surface area contributed by atoms with Gasteiger partial charge in [0.1, 0.15) is 17.7 Å². The largest absolute Gasteiger partial charge is 0.370 e. The zero-order chi connectivity index (χ0) is 23.6. The van der Waals surface area contributed by atoms with E-state index in [1.807, 2.05) is 13.8 Å². The number of nitrogens with two attached hydrogens (primary N) is 1. The molecule has 0 unspecified atom stereocenters. The first-order valence-corrected chi connectivity index (χ1v) is 10.3. The van der Waals surface area contributed by atoms with Crippen LogP contribution in [0.3, 0.4) is 0 Å². The predicted octanol–water partition coefficient (Wildman–Crippen LogP) is 2.00. The molecular weight excluding hydrogens is 450 g/mol. The molecule has 0 aliphatic heterocycles. The number of nitrogens with zero attached hydrogens (tertiary/aromatic N) is 1. The van der Waals surface area contributed by atoms with Gasteiger partial charge < -0.3 is 11.1 Å². The van der Waals surface area contributed by atoms with E-state index in [0.717, 1.165) is 17.2 Å². The quantitative estimate of drug-likeness (QED) is 0.272. The van der Waals surface area contributed by atoms with Crippen molar-refractivity contribution in [3.8, 4) is 0 Å². The maximum atomic E-state index is 13.8. The predicted molar refractivity (Wildman–Crippen MR) is 116 cm³/mol. The molecule has 0 saturated heterocycles. The van der Waals surface area contributed by atoms with Gasteiger partial charge in [0, 0.05) is 23.1 Å². The third-order valence-electron chi connectivity index (χ3n) is 3.96. The lowest BCUT2D eigenvalue weighted by molar-refractivity contribution is -0.141. The van der Waals surface area contributed by atoms with E-state index in [1.165, 1.54) is 18.2 Å². The minimum Gasteiger partial charge on any atom is -0.370 e. The molecule has 0 saturated carbocycles. The van der Waals surface area contributed by atoms with Crippen LogP contribution in [0.1, 0.15) is 32.3 Å². The second kappa shape index (κ2) is 12.9. The summed E-state index contributed by atoms with van der Waals surface area (Å²) in [7, 11) is 0. The van der Waals surface area contributed by atoms with Crippen molar-refractivity contribution in [1.29, 1.82) is 0 Å². The van der Waals surface area contributed by atoms with Crippen molar-refractivity contribution in [2.45, 2.75) is 32.7 Å². The van der Waals surface area contributed by atoms with Gasteiger partial charge in [-0.05, 0) is 30.5 Å². The van der Waals surface area contributed by atoms with Crippen LogP contribution in [0.2, 0.25) is 5.02 Å². The fraction of sp³-hybridized carbons (Fsp3) is 0.400. The number of carbonyl (C=O) groups excluding carboxylic acids is 4. The van der Waals surface area contributed by atoms with Gasteiger partial charge in [-0.15, -0.1) is 11.6 Å². The van der Waals surface area contributed by atoms with Crippen molar-refractivity contribution in [2.24, 2.45) is 11.7 Å². The Balaban J connectivity index is 2.88. The normalized spacial score (nSPS) is 11.9. The van der Waals surface area contributed by atoms with Gasteiger partial charge in [0.25, 0.3) is 11.8 Å². The number of nitrogens with one attached hydrogen (secondary N) is 2. The molecule has 11 heteroatoms. The van der Waals surface area contributed by atoms with E-state index in [1.54, 1.807) is 0 Å². The first kappa shape index (κ1) is 26.4. The molecular formula is C20H25Cl2FN4O4. The lowest BCUT2D eigenvalue weighted by Crippen LogP contribution is -2.55. The summed E-state index contributed by atoms with van der Waals surface area (Å²) in [4.78, 5) is 47.9. The summed E-state index contributed by atoms with van der Waals surface area (Å²) in [5.41, 5.74) is 7.59. The Morgan fingerprint density at radius 1 is 1.26 bits per heavy atom. The molecule has 0 bridgehead atoms. The third-order valence-corrected chi connectivity index (χ3v) is 4.42. The fourth-order valence-electron chi connectivity index (χ4n) is 2.47. The third kappa shape index (κ3) is 9.80. The lowest BCUT2D eigenvalue weighted by Gasteiger charge is -2.26.